The highest BCUT2D eigenvalue weighted by Crippen LogP contribution is 2.51. The number of carbonyl (C=O) groups excluding carboxylic acids is 1. The number of hydrogen-bond acceptors (Lipinski definition) is 3. The summed E-state index contributed by atoms with van der Waals surface area (Å²) < 4.78 is 19.4. The monoisotopic (exact) mass is 369 g/mol. The summed E-state index contributed by atoms with van der Waals surface area (Å²) in [5.41, 5.74) is 0.396. The van der Waals surface area contributed by atoms with Gasteiger partial charge in [-0.1, -0.05) is 17.7 Å². The molecule has 1 amide bonds. The number of carbonyl (C=O) groups is 2. The molecule has 0 bridgehead atoms. The predicted molar refractivity (Wildman–Crippen MR) is 90.1 cm³/mol. The largest absolute Gasteiger partial charge is 0.481 e. The molecule has 1 aromatic carbocycles. The van der Waals surface area contributed by atoms with Crippen molar-refractivity contribution in [2.45, 2.75) is 37.6 Å². The SMILES string of the molecule is O=C(O)CCN(C(=O)[C@@H]1C[C@@H]1c1c(F)cccc1Cl)C1CCOCC1. The zero-order valence-corrected chi connectivity index (χ0v) is 14.5. The summed E-state index contributed by atoms with van der Waals surface area (Å²) in [5, 5.41) is 9.31. The zero-order chi connectivity index (χ0) is 18.0. The van der Waals surface area contributed by atoms with Crippen molar-refractivity contribution in [3.05, 3.63) is 34.6 Å². The second kappa shape index (κ2) is 7.70. The van der Waals surface area contributed by atoms with Gasteiger partial charge >= 0.3 is 5.97 Å². The molecular weight excluding hydrogens is 349 g/mol. The van der Waals surface area contributed by atoms with Gasteiger partial charge < -0.3 is 14.7 Å². The van der Waals surface area contributed by atoms with Crippen LogP contribution in [0, 0.1) is 11.7 Å². The second-order valence-corrected chi connectivity index (χ2v) is 7.01. The van der Waals surface area contributed by atoms with E-state index >= 15 is 0 Å². The van der Waals surface area contributed by atoms with E-state index in [2.05, 4.69) is 0 Å². The van der Waals surface area contributed by atoms with Crippen molar-refractivity contribution in [3.8, 4) is 0 Å². The lowest BCUT2D eigenvalue weighted by atomic mass is 10.0. The van der Waals surface area contributed by atoms with Gasteiger partial charge in [0.2, 0.25) is 5.91 Å². The molecule has 0 unspecified atom stereocenters. The highest BCUT2D eigenvalue weighted by molar-refractivity contribution is 6.31. The summed E-state index contributed by atoms with van der Waals surface area (Å²) in [4.78, 5) is 25.6. The zero-order valence-electron chi connectivity index (χ0n) is 13.8. The first kappa shape index (κ1) is 18.1. The smallest absolute Gasteiger partial charge is 0.305 e. The molecule has 3 rings (SSSR count). The maximum atomic E-state index is 14.1. The van der Waals surface area contributed by atoms with Crippen LogP contribution in [0.25, 0.3) is 0 Å². The molecular formula is C18H21ClFNO4. The molecule has 1 heterocycles. The number of benzene rings is 1. The van der Waals surface area contributed by atoms with Crippen molar-refractivity contribution in [2.24, 2.45) is 5.92 Å². The van der Waals surface area contributed by atoms with E-state index in [4.69, 9.17) is 21.4 Å². The van der Waals surface area contributed by atoms with Gasteiger partial charge in [0.05, 0.1) is 6.42 Å². The molecule has 1 aliphatic heterocycles. The van der Waals surface area contributed by atoms with Crippen molar-refractivity contribution in [3.63, 3.8) is 0 Å². The molecule has 5 nitrogen and oxygen atoms in total. The first-order chi connectivity index (χ1) is 12.0. The van der Waals surface area contributed by atoms with Crippen LogP contribution in [-0.2, 0) is 14.3 Å². The number of carboxylic acids is 1. The third kappa shape index (κ3) is 4.12. The van der Waals surface area contributed by atoms with Gasteiger partial charge in [0, 0.05) is 48.2 Å². The maximum Gasteiger partial charge on any atom is 0.305 e. The molecule has 0 aromatic heterocycles. The summed E-state index contributed by atoms with van der Waals surface area (Å²) in [5.74, 6) is -1.98. The van der Waals surface area contributed by atoms with Crippen LogP contribution in [0.3, 0.4) is 0 Å². The lowest BCUT2D eigenvalue weighted by Crippen LogP contribution is -2.45. The second-order valence-electron chi connectivity index (χ2n) is 6.60. The summed E-state index contributed by atoms with van der Waals surface area (Å²) in [6.07, 6.45) is 1.85. The lowest BCUT2D eigenvalue weighted by Gasteiger charge is -2.34. The van der Waals surface area contributed by atoms with Gasteiger partial charge in [-0.3, -0.25) is 9.59 Å². The van der Waals surface area contributed by atoms with Gasteiger partial charge in [0.25, 0.3) is 0 Å². The molecule has 1 saturated carbocycles. The number of hydrogen-bond donors (Lipinski definition) is 1. The predicted octanol–water partition coefficient (Wildman–Crippen LogP) is 3.06. The van der Waals surface area contributed by atoms with Gasteiger partial charge in [-0.2, -0.15) is 0 Å². The Hall–Kier alpha value is -1.66. The van der Waals surface area contributed by atoms with Crippen molar-refractivity contribution in [1.82, 2.24) is 4.90 Å². The Morgan fingerprint density at radius 3 is 2.68 bits per heavy atom. The van der Waals surface area contributed by atoms with Crippen molar-refractivity contribution in [1.29, 1.82) is 0 Å². The normalized spacial score (nSPS) is 23.3. The molecule has 7 heteroatoms. The average molecular weight is 370 g/mol. The topological polar surface area (TPSA) is 66.8 Å². The van der Waals surface area contributed by atoms with E-state index in [9.17, 15) is 14.0 Å². The maximum absolute atomic E-state index is 14.1. The van der Waals surface area contributed by atoms with Gasteiger partial charge in [0.1, 0.15) is 5.82 Å². The minimum atomic E-state index is -0.936. The number of rotatable bonds is 6. The van der Waals surface area contributed by atoms with E-state index in [0.29, 0.717) is 43.1 Å². The van der Waals surface area contributed by atoms with Crippen LogP contribution in [0.15, 0.2) is 18.2 Å². The van der Waals surface area contributed by atoms with E-state index in [1.165, 1.54) is 6.07 Å². The minimum Gasteiger partial charge on any atom is -0.481 e. The number of aliphatic carboxylic acids is 1. The first-order valence-corrected chi connectivity index (χ1v) is 8.90. The molecule has 0 radical (unpaired) electrons. The van der Waals surface area contributed by atoms with Crippen molar-refractivity contribution >= 4 is 23.5 Å². The van der Waals surface area contributed by atoms with E-state index in [1.807, 2.05) is 0 Å². The third-order valence-corrected chi connectivity index (χ3v) is 5.29. The van der Waals surface area contributed by atoms with E-state index in [1.54, 1.807) is 17.0 Å². The molecule has 1 aliphatic carbocycles. The Morgan fingerprint density at radius 1 is 1.32 bits per heavy atom. The molecule has 136 valence electrons. The molecule has 1 aromatic rings. The summed E-state index contributed by atoms with van der Waals surface area (Å²) in [6.45, 7) is 1.30. The van der Waals surface area contributed by atoms with Crippen LogP contribution >= 0.6 is 11.6 Å². The highest BCUT2D eigenvalue weighted by atomic mass is 35.5. The summed E-state index contributed by atoms with van der Waals surface area (Å²) in [7, 11) is 0. The third-order valence-electron chi connectivity index (χ3n) is 4.96. The number of nitrogens with zero attached hydrogens (tertiary/aromatic N) is 1. The van der Waals surface area contributed by atoms with Crippen molar-refractivity contribution < 1.29 is 23.8 Å². The van der Waals surface area contributed by atoms with E-state index in [-0.39, 0.29) is 36.8 Å². The molecule has 0 spiro atoms. The fourth-order valence-electron chi connectivity index (χ4n) is 3.55. The number of carboxylic acid groups (broad SMARTS) is 1. The fraction of sp³-hybridized carbons (Fsp3) is 0.556. The molecule has 1 N–H and O–H groups in total. The van der Waals surface area contributed by atoms with Crippen LogP contribution in [0.4, 0.5) is 4.39 Å². The quantitative estimate of drug-likeness (QED) is 0.836. The molecule has 2 atom stereocenters. The Morgan fingerprint density at radius 2 is 2.04 bits per heavy atom. The average Bonchev–Trinajstić information content (AvgIpc) is 3.36. The molecule has 2 aliphatic rings. The van der Waals surface area contributed by atoms with Crippen molar-refractivity contribution in [2.75, 3.05) is 19.8 Å². The van der Waals surface area contributed by atoms with Gasteiger partial charge in [-0.05, 0) is 31.4 Å². The van der Waals surface area contributed by atoms with Crippen LogP contribution in [0.1, 0.15) is 37.2 Å². The van der Waals surface area contributed by atoms with Crippen LogP contribution in [-0.4, -0.2) is 47.7 Å². The molecule has 1 saturated heterocycles. The van der Waals surface area contributed by atoms with Gasteiger partial charge in [0.15, 0.2) is 0 Å². The van der Waals surface area contributed by atoms with Crippen LogP contribution in [0.2, 0.25) is 5.02 Å². The molecule has 2 fully saturated rings. The Labute approximate surface area is 150 Å². The van der Waals surface area contributed by atoms with Gasteiger partial charge in [-0.15, -0.1) is 0 Å². The van der Waals surface area contributed by atoms with E-state index < -0.39 is 11.8 Å². The standard InChI is InChI=1S/C18H21ClFNO4/c19-14-2-1-3-15(20)17(14)12-10-13(12)18(24)21(7-4-16(22)23)11-5-8-25-9-6-11/h1-3,11-13H,4-10H2,(H,22,23)/t12-,13+/m0/s1. The Bertz CT molecular complexity index is 642. The number of ether oxygens (including phenoxy) is 1. The van der Waals surface area contributed by atoms with Crippen LogP contribution < -0.4 is 0 Å². The number of halogens is 2. The Balaban J connectivity index is 1.73. The summed E-state index contributed by atoms with van der Waals surface area (Å²) >= 11 is 6.11. The van der Waals surface area contributed by atoms with Gasteiger partial charge in [-0.25, -0.2) is 4.39 Å². The first-order valence-electron chi connectivity index (χ1n) is 8.53. The lowest BCUT2D eigenvalue weighted by molar-refractivity contribution is -0.141. The fourth-order valence-corrected chi connectivity index (χ4v) is 3.85. The Kier molecular flexibility index (Phi) is 5.59. The highest BCUT2D eigenvalue weighted by Gasteiger charge is 2.48. The van der Waals surface area contributed by atoms with Crippen LogP contribution in [0.5, 0.6) is 0 Å². The van der Waals surface area contributed by atoms with E-state index in [0.717, 1.165) is 0 Å². The minimum absolute atomic E-state index is 0.0158. The number of amides is 1. The molecule has 25 heavy (non-hydrogen) atoms. The summed E-state index contributed by atoms with van der Waals surface area (Å²) in [6, 6.07) is 4.50.